The molecule has 1 aliphatic rings. The van der Waals surface area contributed by atoms with E-state index in [1.165, 1.54) is 40.8 Å². The number of aromatic nitrogens is 2. The first kappa shape index (κ1) is 21.7. The number of thioether (sulfide) groups is 1. The van der Waals surface area contributed by atoms with Gasteiger partial charge >= 0.3 is 0 Å². The monoisotopic (exact) mass is 459 g/mol. The van der Waals surface area contributed by atoms with Crippen molar-refractivity contribution in [2.75, 3.05) is 42.7 Å². The van der Waals surface area contributed by atoms with Gasteiger partial charge in [-0.05, 0) is 35.9 Å². The van der Waals surface area contributed by atoms with Gasteiger partial charge in [-0.1, -0.05) is 41.3 Å². The highest BCUT2D eigenvalue weighted by Crippen LogP contribution is 2.28. The summed E-state index contributed by atoms with van der Waals surface area (Å²) in [5.74, 6) is -0.208. The number of nitrogens with one attached hydrogen (secondary N) is 2. The predicted octanol–water partition coefficient (Wildman–Crippen LogP) is 3.98. The van der Waals surface area contributed by atoms with Gasteiger partial charge in [0, 0.05) is 31.0 Å². The van der Waals surface area contributed by atoms with Crippen molar-refractivity contribution in [1.29, 1.82) is 0 Å². The average Bonchev–Trinajstić information content (AvgIpc) is 3.22. The molecule has 7 nitrogen and oxygen atoms in total. The van der Waals surface area contributed by atoms with Crippen LogP contribution in [0.15, 0.2) is 52.9 Å². The van der Waals surface area contributed by atoms with Crippen LogP contribution in [0.25, 0.3) is 0 Å². The van der Waals surface area contributed by atoms with Gasteiger partial charge in [-0.2, -0.15) is 0 Å². The molecule has 1 aromatic heterocycles. The molecule has 1 saturated heterocycles. The van der Waals surface area contributed by atoms with Crippen molar-refractivity contribution in [3.8, 4) is 0 Å². The van der Waals surface area contributed by atoms with Gasteiger partial charge in [-0.25, -0.2) is 4.39 Å². The van der Waals surface area contributed by atoms with Crippen molar-refractivity contribution >= 4 is 45.5 Å². The zero-order valence-electron chi connectivity index (χ0n) is 16.7. The Bertz CT molecular complexity index is 1010. The highest BCUT2D eigenvalue weighted by molar-refractivity contribution is 8.01. The maximum atomic E-state index is 13.3. The minimum atomic E-state index is -0.324. The second-order valence-electron chi connectivity index (χ2n) is 6.93. The Morgan fingerprint density at radius 1 is 1.13 bits per heavy atom. The number of hydrogen-bond donors (Lipinski definition) is 2. The third-order valence-electron chi connectivity index (χ3n) is 4.56. The minimum absolute atomic E-state index is 0.110. The second-order valence-corrected chi connectivity index (χ2v) is 9.13. The molecule has 2 N–H and O–H groups in total. The molecule has 31 heavy (non-hydrogen) atoms. The lowest BCUT2D eigenvalue weighted by Crippen LogP contribution is -2.35. The van der Waals surface area contributed by atoms with E-state index in [4.69, 9.17) is 4.74 Å². The first-order valence-electron chi connectivity index (χ1n) is 9.82. The number of morpholine rings is 1. The van der Waals surface area contributed by atoms with Gasteiger partial charge in [0.15, 0.2) is 4.34 Å². The summed E-state index contributed by atoms with van der Waals surface area (Å²) in [5, 5.41) is 14.5. The number of halogens is 1. The molecule has 2 heterocycles. The van der Waals surface area contributed by atoms with Crippen LogP contribution in [0, 0.1) is 5.82 Å². The van der Waals surface area contributed by atoms with E-state index in [1.54, 1.807) is 12.1 Å². The SMILES string of the molecule is O=C(CSc1nnc(Nc2cccc(F)c2)s1)Nc1ccc(CN2CCOCC2)cc1. The van der Waals surface area contributed by atoms with E-state index in [1.807, 2.05) is 24.3 Å². The van der Waals surface area contributed by atoms with E-state index in [-0.39, 0.29) is 17.5 Å². The zero-order valence-corrected chi connectivity index (χ0v) is 18.3. The van der Waals surface area contributed by atoms with Crippen LogP contribution in [-0.4, -0.2) is 53.1 Å². The fourth-order valence-electron chi connectivity index (χ4n) is 3.04. The normalized spacial score (nSPS) is 14.4. The van der Waals surface area contributed by atoms with Crippen LogP contribution in [-0.2, 0) is 16.1 Å². The number of benzene rings is 2. The molecule has 0 bridgehead atoms. The summed E-state index contributed by atoms with van der Waals surface area (Å²) < 4.78 is 19.3. The second kappa shape index (κ2) is 10.7. The van der Waals surface area contributed by atoms with Crippen molar-refractivity contribution in [1.82, 2.24) is 15.1 Å². The predicted molar refractivity (Wildman–Crippen MR) is 121 cm³/mol. The summed E-state index contributed by atoms with van der Waals surface area (Å²) in [6.07, 6.45) is 0. The molecule has 0 aliphatic carbocycles. The van der Waals surface area contributed by atoms with Gasteiger partial charge in [-0.3, -0.25) is 9.69 Å². The maximum Gasteiger partial charge on any atom is 0.234 e. The Morgan fingerprint density at radius 3 is 2.71 bits per heavy atom. The Hall–Kier alpha value is -2.53. The topological polar surface area (TPSA) is 79.4 Å². The first-order chi connectivity index (χ1) is 15.1. The van der Waals surface area contributed by atoms with Gasteiger partial charge in [0.05, 0.1) is 19.0 Å². The highest BCUT2D eigenvalue weighted by atomic mass is 32.2. The van der Waals surface area contributed by atoms with Crippen LogP contribution in [0.2, 0.25) is 0 Å². The quantitative estimate of drug-likeness (QED) is 0.493. The molecule has 0 radical (unpaired) electrons. The summed E-state index contributed by atoms with van der Waals surface area (Å²) in [4.78, 5) is 14.6. The van der Waals surface area contributed by atoms with Crippen LogP contribution in [0.1, 0.15) is 5.56 Å². The lowest BCUT2D eigenvalue weighted by atomic mass is 10.2. The van der Waals surface area contributed by atoms with Crippen LogP contribution in [0.3, 0.4) is 0 Å². The Balaban J connectivity index is 1.22. The largest absolute Gasteiger partial charge is 0.379 e. The maximum absolute atomic E-state index is 13.3. The number of ether oxygens (including phenoxy) is 1. The number of rotatable bonds is 8. The molecule has 0 saturated carbocycles. The third kappa shape index (κ3) is 6.73. The van der Waals surface area contributed by atoms with Crippen molar-refractivity contribution in [2.45, 2.75) is 10.9 Å². The molecule has 162 valence electrons. The number of nitrogens with zero attached hydrogens (tertiary/aromatic N) is 3. The molecule has 2 aromatic carbocycles. The Labute approximate surface area is 188 Å². The van der Waals surface area contributed by atoms with Crippen molar-refractivity contribution in [3.63, 3.8) is 0 Å². The van der Waals surface area contributed by atoms with Gasteiger partial charge in [0.25, 0.3) is 0 Å². The van der Waals surface area contributed by atoms with Crippen molar-refractivity contribution in [3.05, 3.63) is 59.9 Å². The molecular formula is C21H22FN5O2S2. The fourth-order valence-corrected chi connectivity index (χ4v) is 4.62. The van der Waals surface area contributed by atoms with E-state index < -0.39 is 0 Å². The molecule has 1 aliphatic heterocycles. The summed E-state index contributed by atoms with van der Waals surface area (Å²) in [6, 6.07) is 14.0. The lowest BCUT2D eigenvalue weighted by molar-refractivity contribution is -0.113. The fraction of sp³-hybridized carbons (Fsp3) is 0.286. The van der Waals surface area contributed by atoms with Gasteiger partial charge in [0.1, 0.15) is 5.82 Å². The first-order valence-corrected chi connectivity index (χ1v) is 11.6. The Morgan fingerprint density at radius 2 is 1.94 bits per heavy atom. The van der Waals surface area contributed by atoms with Crippen LogP contribution in [0.4, 0.5) is 20.9 Å². The minimum Gasteiger partial charge on any atom is -0.379 e. The third-order valence-corrected chi connectivity index (χ3v) is 6.53. The summed E-state index contributed by atoms with van der Waals surface area (Å²) >= 11 is 2.62. The lowest BCUT2D eigenvalue weighted by Gasteiger charge is -2.26. The summed E-state index contributed by atoms with van der Waals surface area (Å²) in [6.45, 7) is 4.34. The van der Waals surface area contributed by atoms with E-state index in [0.717, 1.165) is 38.5 Å². The highest BCUT2D eigenvalue weighted by Gasteiger charge is 2.12. The van der Waals surface area contributed by atoms with E-state index in [9.17, 15) is 9.18 Å². The molecule has 1 fully saturated rings. The molecule has 0 atom stereocenters. The van der Waals surface area contributed by atoms with Crippen molar-refractivity contribution < 1.29 is 13.9 Å². The molecule has 0 spiro atoms. The van der Waals surface area contributed by atoms with Gasteiger partial charge < -0.3 is 15.4 Å². The van der Waals surface area contributed by atoms with Gasteiger partial charge in [-0.15, -0.1) is 10.2 Å². The molecule has 4 rings (SSSR count). The van der Waals surface area contributed by atoms with E-state index in [2.05, 4.69) is 25.7 Å². The molecule has 3 aromatic rings. The number of carbonyl (C=O) groups excluding carboxylic acids is 1. The Kier molecular flexibility index (Phi) is 7.47. The molecule has 0 unspecified atom stereocenters. The number of carbonyl (C=O) groups is 1. The number of hydrogen-bond acceptors (Lipinski definition) is 8. The number of anilines is 3. The van der Waals surface area contributed by atoms with Gasteiger partial charge in [0.2, 0.25) is 11.0 Å². The number of amides is 1. The smallest absolute Gasteiger partial charge is 0.234 e. The summed E-state index contributed by atoms with van der Waals surface area (Å²) in [7, 11) is 0. The van der Waals surface area contributed by atoms with E-state index >= 15 is 0 Å². The summed E-state index contributed by atoms with van der Waals surface area (Å²) in [5.41, 5.74) is 2.58. The molecule has 1 amide bonds. The van der Waals surface area contributed by atoms with Crippen LogP contribution >= 0.6 is 23.1 Å². The van der Waals surface area contributed by atoms with Crippen LogP contribution in [0.5, 0.6) is 0 Å². The standard InChI is InChI=1S/C21H22FN5O2S2/c22-16-2-1-3-18(12-16)24-20-25-26-21(31-20)30-14-19(28)23-17-6-4-15(5-7-17)13-27-8-10-29-11-9-27/h1-7,12H,8-11,13-14H2,(H,23,28)(H,24,25). The molecule has 10 heteroatoms. The molecular weight excluding hydrogens is 437 g/mol. The average molecular weight is 460 g/mol. The zero-order chi connectivity index (χ0) is 21.5. The van der Waals surface area contributed by atoms with Crippen LogP contribution < -0.4 is 10.6 Å². The van der Waals surface area contributed by atoms with E-state index in [0.29, 0.717) is 15.2 Å². The van der Waals surface area contributed by atoms with Crippen molar-refractivity contribution in [2.24, 2.45) is 0 Å².